The van der Waals surface area contributed by atoms with Crippen molar-refractivity contribution in [3.05, 3.63) is 47.5 Å². The van der Waals surface area contributed by atoms with E-state index in [1.807, 2.05) is 12.1 Å². The Morgan fingerprint density at radius 1 is 1.27 bits per heavy atom. The zero-order chi connectivity index (χ0) is 15.9. The molecule has 2 aromatic rings. The summed E-state index contributed by atoms with van der Waals surface area (Å²) in [7, 11) is 4.13. The lowest BCUT2D eigenvalue weighted by Crippen LogP contribution is -2.16. The van der Waals surface area contributed by atoms with E-state index < -0.39 is 0 Å². The number of anilines is 1. The van der Waals surface area contributed by atoms with Crippen LogP contribution in [0.3, 0.4) is 0 Å². The van der Waals surface area contributed by atoms with Gasteiger partial charge < -0.3 is 15.2 Å². The highest BCUT2D eigenvalue weighted by molar-refractivity contribution is 5.91. The van der Waals surface area contributed by atoms with Crippen molar-refractivity contribution in [2.45, 2.75) is 26.2 Å². The molecule has 0 fully saturated rings. The van der Waals surface area contributed by atoms with Crippen LogP contribution in [0.25, 0.3) is 0 Å². The van der Waals surface area contributed by atoms with Gasteiger partial charge in [-0.05, 0) is 44.6 Å². The number of hydrogen-bond acceptors (Lipinski definition) is 3. The van der Waals surface area contributed by atoms with Gasteiger partial charge in [0.05, 0.1) is 6.42 Å². The van der Waals surface area contributed by atoms with Crippen molar-refractivity contribution in [1.29, 1.82) is 0 Å². The number of hydrogen-bond donors (Lipinski definition) is 2. The van der Waals surface area contributed by atoms with Crippen LogP contribution in [0.15, 0.2) is 30.5 Å². The number of nitrogens with zero attached hydrogens (tertiary/aromatic N) is 2. The number of aryl methyl sites for hydroxylation is 1. The fourth-order valence-corrected chi connectivity index (χ4v) is 2.14. The van der Waals surface area contributed by atoms with Crippen LogP contribution in [-0.4, -0.2) is 41.4 Å². The Morgan fingerprint density at radius 3 is 2.59 bits per heavy atom. The van der Waals surface area contributed by atoms with Crippen molar-refractivity contribution in [2.75, 3.05) is 26.0 Å². The molecular formula is C17H24N4O. The number of rotatable bonds is 7. The Labute approximate surface area is 131 Å². The number of amides is 1. The lowest BCUT2D eigenvalue weighted by Gasteiger charge is -2.10. The van der Waals surface area contributed by atoms with E-state index in [0.29, 0.717) is 5.82 Å². The van der Waals surface area contributed by atoms with Gasteiger partial charge in [0, 0.05) is 24.1 Å². The predicted octanol–water partition coefficient (Wildman–Crippen LogP) is 2.26. The van der Waals surface area contributed by atoms with E-state index in [9.17, 15) is 4.79 Å². The fraction of sp³-hybridized carbons (Fsp3) is 0.412. The molecule has 0 unspecified atom stereocenters. The van der Waals surface area contributed by atoms with Crippen molar-refractivity contribution in [3.8, 4) is 0 Å². The zero-order valence-electron chi connectivity index (χ0n) is 13.5. The summed E-state index contributed by atoms with van der Waals surface area (Å²) in [5.41, 5.74) is 3.14. The first-order chi connectivity index (χ1) is 10.6. The van der Waals surface area contributed by atoms with Crippen molar-refractivity contribution >= 4 is 11.6 Å². The Hall–Kier alpha value is -2.14. The molecule has 2 rings (SSSR count). The van der Waals surface area contributed by atoms with Crippen LogP contribution in [0.5, 0.6) is 0 Å². The minimum absolute atomic E-state index is 0.0574. The number of likely N-dealkylation sites (N-methyl/N-ethyl adjacent to an activating group) is 1. The molecule has 5 nitrogen and oxygen atoms in total. The number of imidazole rings is 1. The molecule has 22 heavy (non-hydrogen) atoms. The van der Waals surface area contributed by atoms with Crippen LogP contribution in [0.4, 0.5) is 5.69 Å². The molecular weight excluding hydrogens is 276 g/mol. The molecule has 0 bridgehead atoms. The van der Waals surface area contributed by atoms with E-state index in [2.05, 4.69) is 53.3 Å². The van der Waals surface area contributed by atoms with Gasteiger partial charge in [0.1, 0.15) is 5.82 Å². The highest BCUT2D eigenvalue weighted by Gasteiger charge is 2.07. The largest absolute Gasteiger partial charge is 0.345 e. The first-order valence-corrected chi connectivity index (χ1v) is 7.63. The van der Waals surface area contributed by atoms with E-state index in [1.54, 1.807) is 6.20 Å². The Kier molecular flexibility index (Phi) is 5.72. The molecule has 0 atom stereocenters. The maximum absolute atomic E-state index is 12.0. The highest BCUT2D eigenvalue weighted by atomic mass is 16.1. The minimum atomic E-state index is -0.0574. The second kappa shape index (κ2) is 7.75. The normalized spacial score (nSPS) is 10.9. The van der Waals surface area contributed by atoms with E-state index >= 15 is 0 Å². The Bertz CT molecular complexity index is 601. The molecule has 2 N–H and O–H groups in total. The smallest absolute Gasteiger partial charge is 0.231 e. The van der Waals surface area contributed by atoms with E-state index in [4.69, 9.17) is 0 Å². The summed E-state index contributed by atoms with van der Waals surface area (Å²) < 4.78 is 0. The SMILES string of the molecule is CCc1cnc(CC(=O)Nc2ccc(CCN(C)C)cc2)[nH]1. The van der Waals surface area contributed by atoms with Gasteiger partial charge in [0.15, 0.2) is 0 Å². The summed E-state index contributed by atoms with van der Waals surface area (Å²) in [6.07, 6.45) is 3.95. The average Bonchev–Trinajstić information content (AvgIpc) is 2.94. The summed E-state index contributed by atoms with van der Waals surface area (Å²) in [6.45, 7) is 3.07. The Balaban J connectivity index is 1.85. The number of aromatic amines is 1. The van der Waals surface area contributed by atoms with Gasteiger partial charge in [-0.25, -0.2) is 4.98 Å². The van der Waals surface area contributed by atoms with Gasteiger partial charge in [0.2, 0.25) is 5.91 Å². The fourth-order valence-electron chi connectivity index (χ4n) is 2.14. The van der Waals surface area contributed by atoms with Crippen molar-refractivity contribution in [3.63, 3.8) is 0 Å². The maximum atomic E-state index is 12.0. The van der Waals surface area contributed by atoms with Gasteiger partial charge in [-0.3, -0.25) is 4.79 Å². The number of carbonyl (C=O) groups excluding carboxylic acids is 1. The quantitative estimate of drug-likeness (QED) is 0.824. The maximum Gasteiger partial charge on any atom is 0.231 e. The molecule has 1 aromatic carbocycles. The van der Waals surface area contributed by atoms with E-state index in [1.165, 1.54) is 5.56 Å². The topological polar surface area (TPSA) is 61.0 Å². The molecule has 0 aliphatic carbocycles. The van der Waals surface area contributed by atoms with E-state index in [0.717, 1.165) is 30.8 Å². The van der Waals surface area contributed by atoms with Crippen LogP contribution in [-0.2, 0) is 24.1 Å². The lowest BCUT2D eigenvalue weighted by atomic mass is 10.1. The van der Waals surface area contributed by atoms with Crippen molar-refractivity contribution < 1.29 is 4.79 Å². The minimum Gasteiger partial charge on any atom is -0.345 e. The summed E-state index contributed by atoms with van der Waals surface area (Å²) in [4.78, 5) is 21.5. The van der Waals surface area contributed by atoms with Crippen molar-refractivity contribution in [1.82, 2.24) is 14.9 Å². The number of carbonyl (C=O) groups is 1. The molecule has 0 radical (unpaired) electrons. The lowest BCUT2D eigenvalue weighted by molar-refractivity contribution is -0.115. The third kappa shape index (κ3) is 5.00. The van der Waals surface area contributed by atoms with Crippen LogP contribution < -0.4 is 5.32 Å². The van der Waals surface area contributed by atoms with Crippen LogP contribution in [0.2, 0.25) is 0 Å². The molecule has 0 spiro atoms. The molecule has 5 heteroatoms. The number of benzene rings is 1. The third-order valence-electron chi connectivity index (χ3n) is 3.48. The van der Waals surface area contributed by atoms with Crippen LogP contribution in [0, 0.1) is 0 Å². The molecule has 0 aliphatic heterocycles. The van der Waals surface area contributed by atoms with Crippen molar-refractivity contribution in [2.24, 2.45) is 0 Å². The van der Waals surface area contributed by atoms with Gasteiger partial charge in [-0.2, -0.15) is 0 Å². The standard InChI is InChI=1S/C17H24N4O/c1-4-14-12-18-16(19-14)11-17(22)20-15-7-5-13(6-8-15)9-10-21(2)3/h5-8,12H,4,9-11H2,1-3H3,(H,18,19)(H,20,22). The number of aromatic nitrogens is 2. The number of H-pyrrole nitrogens is 1. The zero-order valence-corrected chi connectivity index (χ0v) is 13.5. The van der Waals surface area contributed by atoms with Gasteiger partial charge in [0.25, 0.3) is 0 Å². The summed E-state index contributed by atoms with van der Waals surface area (Å²) in [5, 5.41) is 2.90. The first-order valence-electron chi connectivity index (χ1n) is 7.63. The molecule has 0 saturated carbocycles. The van der Waals surface area contributed by atoms with Crippen LogP contribution in [0.1, 0.15) is 24.0 Å². The number of nitrogens with one attached hydrogen (secondary N) is 2. The van der Waals surface area contributed by atoms with Gasteiger partial charge in [-0.1, -0.05) is 19.1 Å². The molecule has 0 aliphatic rings. The summed E-state index contributed by atoms with van der Waals surface area (Å²) in [5.74, 6) is 0.648. The molecule has 0 saturated heterocycles. The monoisotopic (exact) mass is 300 g/mol. The second-order valence-corrected chi connectivity index (χ2v) is 5.68. The molecule has 1 aromatic heterocycles. The average molecular weight is 300 g/mol. The first kappa shape index (κ1) is 16.2. The van der Waals surface area contributed by atoms with Crippen LogP contribution >= 0.6 is 0 Å². The highest BCUT2D eigenvalue weighted by Crippen LogP contribution is 2.11. The second-order valence-electron chi connectivity index (χ2n) is 5.68. The molecule has 1 amide bonds. The van der Waals surface area contributed by atoms with E-state index in [-0.39, 0.29) is 12.3 Å². The van der Waals surface area contributed by atoms with Gasteiger partial charge in [-0.15, -0.1) is 0 Å². The molecule has 118 valence electrons. The predicted molar refractivity (Wildman–Crippen MR) is 89.0 cm³/mol. The summed E-state index contributed by atoms with van der Waals surface area (Å²) in [6, 6.07) is 8.01. The summed E-state index contributed by atoms with van der Waals surface area (Å²) >= 11 is 0. The third-order valence-corrected chi connectivity index (χ3v) is 3.48. The molecule has 1 heterocycles. The Morgan fingerprint density at radius 2 is 2.00 bits per heavy atom. The van der Waals surface area contributed by atoms with Gasteiger partial charge >= 0.3 is 0 Å².